The standard InChI is InChI=1S/C16H27NO5/c1-4-6-7-8-22-13(5-2)10-15(19)17-11-12(18)9-14(17)16(20)21-3/h4,12-14,18H,1,5-11H2,2-3H3/t12-,13?,14+/m1/s1. The number of hydrogen-bond acceptors (Lipinski definition) is 5. The van der Waals surface area contributed by atoms with Gasteiger partial charge in [0.1, 0.15) is 6.04 Å². The van der Waals surface area contributed by atoms with Gasteiger partial charge in [0, 0.05) is 19.6 Å². The Hall–Kier alpha value is -1.40. The van der Waals surface area contributed by atoms with Gasteiger partial charge in [-0.3, -0.25) is 4.79 Å². The van der Waals surface area contributed by atoms with E-state index in [2.05, 4.69) is 6.58 Å². The molecular weight excluding hydrogens is 286 g/mol. The zero-order chi connectivity index (χ0) is 16.5. The molecule has 0 radical (unpaired) electrons. The number of β-amino-alcohol motifs (C(OH)–C–C–N with tert-alkyl or cyclic N) is 1. The van der Waals surface area contributed by atoms with Gasteiger partial charge < -0.3 is 19.5 Å². The number of unbranched alkanes of at least 4 members (excludes halogenated alkanes) is 1. The summed E-state index contributed by atoms with van der Waals surface area (Å²) >= 11 is 0. The van der Waals surface area contributed by atoms with Crippen LogP contribution in [0.1, 0.15) is 39.0 Å². The summed E-state index contributed by atoms with van der Waals surface area (Å²) < 4.78 is 10.4. The van der Waals surface area contributed by atoms with Crippen LogP contribution in [-0.4, -0.2) is 60.4 Å². The van der Waals surface area contributed by atoms with Gasteiger partial charge in [-0.25, -0.2) is 4.79 Å². The molecule has 0 aliphatic carbocycles. The normalized spacial score (nSPS) is 22.4. The molecular formula is C16H27NO5. The predicted octanol–water partition coefficient (Wildman–Crippen LogP) is 1.27. The van der Waals surface area contributed by atoms with Crippen molar-refractivity contribution in [2.75, 3.05) is 20.3 Å². The molecule has 3 atom stereocenters. The van der Waals surface area contributed by atoms with Crippen molar-refractivity contribution in [3.8, 4) is 0 Å². The second-order valence-electron chi connectivity index (χ2n) is 5.51. The molecule has 6 heteroatoms. The Morgan fingerprint density at radius 1 is 1.50 bits per heavy atom. The highest BCUT2D eigenvalue weighted by Crippen LogP contribution is 2.21. The van der Waals surface area contributed by atoms with E-state index in [1.807, 2.05) is 13.0 Å². The lowest BCUT2D eigenvalue weighted by molar-refractivity contribution is -0.151. The van der Waals surface area contributed by atoms with Gasteiger partial charge >= 0.3 is 5.97 Å². The summed E-state index contributed by atoms with van der Waals surface area (Å²) in [7, 11) is 1.28. The summed E-state index contributed by atoms with van der Waals surface area (Å²) in [5, 5.41) is 9.71. The minimum absolute atomic E-state index is 0.172. The molecule has 1 aliphatic heterocycles. The Bertz CT molecular complexity index is 385. The molecule has 22 heavy (non-hydrogen) atoms. The number of aliphatic hydroxyl groups is 1. The largest absolute Gasteiger partial charge is 0.467 e. The van der Waals surface area contributed by atoms with E-state index in [4.69, 9.17) is 9.47 Å². The van der Waals surface area contributed by atoms with Gasteiger partial charge in [-0.15, -0.1) is 6.58 Å². The maximum absolute atomic E-state index is 12.4. The van der Waals surface area contributed by atoms with Crippen LogP contribution in [0.4, 0.5) is 0 Å². The maximum atomic E-state index is 12.4. The first-order chi connectivity index (χ1) is 10.5. The van der Waals surface area contributed by atoms with Gasteiger partial charge in [0.15, 0.2) is 0 Å². The van der Waals surface area contributed by atoms with Crippen LogP contribution in [-0.2, 0) is 19.1 Å². The summed E-state index contributed by atoms with van der Waals surface area (Å²) in [6.45, 7) is 6.37. The van der Waals surface area contributed by atoms with Crippen LogP contribution in [0.25, 0.3) is 0 Å². The number of rotatable bonds is 9. The Morgan fingerprint density at radius 3 is 2.82 bits per heavy atom. The molecule has 1 saturated heterocycles. The van der Waals surface area contributed by atoms with Crippen LogP contribution in [0.2, 0.25) is 0 Å². The van der Waals surface area contributed by atoms with E-state index >= 15 is 0 Å². The maximum Gasteiger partial charge on any atom is 0.328 e. The fourth-order valence-electron chi connectivity index (χ4n) is 2.56. The Morgan fingerprint density at radius 2 is 2.23 bits per heavy atom. The van der Waals surface area contributed by atoms with E-state index < -0.39 is 18.1 Å². The van der Waals surface area contributed by atoms with Crippen LogP contribution in [0.3, 0.4) is 0 Å². The van der Waals surface area contributed by atoms with Crippen molar-refractivity contribution in [1.29, 1.82) is 0 Å². The van der Waals surface area contributed by atoms with Gasteiger partial charge in [0.2, 0.25) is 5.91 Å². The highest BCUT2D eigenvalue weighted by Gasteiger charge is 2.39. The van der Waals surface area contributed by atoms with Crippen LogP contribution < -0.4 is 0 Å². The van der Waals surface area contributed by atoms with E-state index in [1.165, 1.54) is 12.0 Å². The van der Waals surface area contributed by atoms with E-state index in [0.717, 1.165) is 19.3 Å². The number of esters is 1. The van der Waals surface area contributed by atoms with Crippen molar-refractivity contribution in [2.24, 2.45) is 0 Å². The van der Waals surface area contributed by atoms with Crippen molar-refractivity contribution >= 4 is 11.9 Å². The van der Waals surface area contributed by atoms with E-state index in [9.17, 15) is 14.7 Å². The first-order valence-electron chi connectivity index (χ1n) is 7.81. The number of carbonyl (C=O) groups excluding carboxylic acids is 2. The van der Waals surface area contributed by atoms with Crippen molar-refractivity contribution in [2.45, 2.75) is 57.3 Å². The molecule has 1 fully saturated rings. The lowest BCUT2D eigenvalue weighted by Crippen LogP contribution is -2.42. The number of amides is 1. The van der Waals surface area contributed by atoms with Crippen molar-refractivity contribution < 1.29 is 24.2 Å². The number of ether oxygens (including phenoxy) is 2. The van der Waals surface area contributed by atoms with Crippen LogP contribution in [0, 0.1) is 0 Å². The topological polar surface area (TPSA) is 76.1 Å². The number of allylic oxidation sites excluding steroid dienone is 1. The average molecular weight is 313 g/mol. The van der Waals surface area contributed by atoms with Gasteiger partial charge in [0.25, 0.3) is 0 Å². The summed E-state index contributed by atoms with van der Waals surface area (Å²) in [5.41, 5.74) is 0. The molecule has 0 bridgehead atoms. The van der Waals surface area contributed by atoms with Gasteiger partial charge in [0.05, 0.1) is 25.7 Å². The SMILES string of the molecule is C=CCCCOC(CC)CC(=O)N1C[C@H](O)C[C@H]1C(=O)OC. The Balaban J connectivity index is 2.53. The number of carbonyl (C=O) groups is 2. The van der Waals surface area contributed by atoms with Crippen LogP contribution in [0.15, 0.2) is 12.7 Å². The molecule has 1 N–H and O–H groups in total. The zero-order valence-electron chi connectivity index (χ0n) is 13.5. The highest BCUT2D eigenvalue weighted by atomic mass is 16.5. The predicted molar refractivity (Wildman–Crippen MR) is 82.2 cm³/mol. The van der Waals surface area contributed by atoms with Crippen molar-refractivity contribution in [3.63, 3.8) is 0 Å². The lowest BCUT2D eigenvalue weighted by atomic mass is 10.1. The molecule has 0 saturated carbocycles. The lowest BCUT2D eigenvalue weighted by Gasteiger charge is -2.24. The van der Waals surface area contributed by atoms with Crippen molar-refractivity contribution in [1.82, 2.24) is 4.90 Å². The summed E-state index contributed by atoms with van der Waals surface area (Å²) in [4.78, 5) is 25.5. The van der Waals surface area contributed by atoms with Crippen LogP contribution in [0.5, 0.6) is 0 Å². The number of nitrogens with zero attached hydrogens (tertiary/aromatic N) is 1. The third-order valence-corrected chi connectivity index (χ3v) is 3.84. The van der Waals surface area contributed by atoms with Crippen LogP contribution >= 0.6 is 0 Å². The van der Waals surface area contributed by atoms with E-state index in [-0.39, 0.29) is 31.4 Å². The average Bonchev–Trinajstić information content (AvgIpc) is 2.91. The fourth-order valence-corrected chi connectivity index (χ4v) is 2.56. The third-order valence-electron chi connectivity index (χ3n) is 3.84. The highest BCUT2D eigenvalue weighted by molar-refractivity contribution is 5.85. The fraction of sp³-hybridized carbons (Fsp3) is 0.750. The molecule has 1 rings (SSSR count). The molecule has 1 amide bonds. The van der Waals surface area contributed by atoms with E-state index in [0.29, 0.717) is 6.61 Å². The van der Waals surface area contributed by atoms with E-state index in [1.54, 1.807) is 0 Å². The molecule has 126 valence electrons. The van der Waals surface area contributed by atoms with Crippen molar-refractivity contribution in [3.05, 3.63) is 12.7 Å². The smallest absolute Gasteiger partial charge is 0.328 e. The minimum atomic E-state index is -0.689. The number of methoxy groups -OCH3 is 1. The summed E-state index contributed by atoms with van der Waals surface area (Å²) in [5.74, 6) is -0.660. The molecule has 1 unspecified atom stereocenters. The van der Waals surface area contributed by atoms with Gasteiger partial charge in [-0.2, -0.15) is 0 Å². The molecule has 1 aliphatic rings. The first-order valence-corrected chi connectivity index (χ1v) is 7.81. The quantitative estimate of drug-likeness (QED) is 0.394. The first kappa shape index (κ1) is 18.6. The zero-order valence-corrected chi connectivity index (χ0v) is 13.5. The molecule has 0 aromatic carbocycles. The molecule has 0 aromatic heterocycles. The second-order valence-corrected chi connectivity index (χ2v) is 5.51. The number of hydrogen-bond donors (Lipinski definition) is 1. The summed E-state index contributed by atoms with van der Waals surface area (Å²) in [6.07, 6.45) is 3.91. The van der Waals surface area contributed by atoms with Gasteiger partial charge in [-0.05, 0) is 19.3 Å². The Kier molecular flexibility index (Phi) is 8.12. The second kappa shape index (κ2) is 9.58. The monoisotopic (exact) mass is 313 g/mol. The number of aliphatic hydroxyl groups excluding tert-OH is 1. The molecule has 1 heterocycles. The minimum Gasteiger partial charge on any atom is -0.467 e. The Labute approximate surface area is 132 Å². The molecule has 0 spiro atoms. The summed E-state index contributed by atoms with van der Waals surface area (Å²) in [6, 6.07) is -0.689. The molecule has 6 nitrogen and oxygen atoms in total. The third kappa shape index (κ3) is 5.42. The molecule has 0 aromatic rings. The number of likely N-dealkylation sites (tertiary alicyclic amines) is 1. The van der Waals surface area contributed by atoms with Gasteiger partial charge in [-0.1, -0.05) is 13.0 Å².